The van der Waals surface area contributed by atoms with E-state index in [1.54, 1.807) is 0 Å². The van der Waals surface area contributed by atoms with Crippen LogP contribution in [0.15, 0.2) is 206 Å². The van der Waals surface area contributed by atoms with Crippen molar-refractivity contribution in [3.8, 4) is 39.1 Å². The van der Waals surface area contributed by atoms with Gasteiger partial charge >= 0.3 is 0 Å². The highest BCUT2D eigenvalue weighted by molar-refractivity contribution is 7.00. The predicted molar refractivity (Wildman–Crippen MR) is 377 cm³/mol. The first-order valence-corrected chi connectivity index (χ1v) is 31.8. The third-order valence-electron chi connectivity index (χ3n) is 19.8. The molecule has 14 rings (SSSR count). The molecule has 0 spiro atoms. The monoisotopic (exact) mass is 1130 g/mol. The Balaban J connectivity index is 1.08. The van der Waals surface area contributed by atoms with Gasteiger partial charge in [-0.25, -0.2) is 0 Å². The normalized spacial score (nSPS) is 15.2. The van der Waals surface area contributed by atoms with Crippen LogP contribution < -0.4 is 26.2 Å². The van der Waals surface area contributed by atoms with Gasteiger partial charge in [0.1, 0.15) is 0 Å². The number of hydrogen-bond acceptors (Lipinski definition) is 2. The molecule has 87 heavy (non-hydrogen) atoms. The quantitative estimate of drug-likeness (QED) is 0.154. The lowest BCUT2D eigenvalue weighted by atomic mass is 9.33. The van der Waals surface area contributed by atoms with Gasteiger partial charge in [0.2, 0.25) is 0 Å². The molecule has 0 radical (unpaired) electrons. The van der Waals surface area contributed by atoms with E-state index in [0.717, 1.165) is 17.8 Å². The highest BCUT2D eigenvalue weighted by Gasteiger charge is 2.45. The van der Waals surface area contributed by atoms with E-state index in [9.17, 15) is 0 Å². The number of aromatic nitrogens is 1. The van der Waals surface area contributed by atoms with Crippen LogP contribution in [0.2, 0.25) is 0 Å². The second-order valence-electron chi connectivity index (χ2n) is 31.1. The molecule has 1 aliphatic carbocycles. The highest BCUT2D eigenvalue weighted by atomic mass is 15.2. The number of para-hydroxylation sites is 2. The standard InChI is InChI=1S/C83H84BN3/c1-78(2,3)58-34-25-52(26-35-58)56-32-41-69-73(44-56)85(62-38-29-54(30-39-62)55-31-40-67-68(43-55)83(15,16)51-82(67,13)14)75-49-64(86-71-23-19-17-21-65(71)66-22-18-20-24-72(66)86)50-76-77(75)84(69)70-42-33-57(53-27-36-59(37-28-53)79(4,5)6)45-74(70)87(76)63-47-60(80(7,8)9)46-61(48-63)81(10,11)12/h17-50H,51H2,1-16H3. The summed E-state index contributed by atoms with van der Waals surface area (Å²) in [5, 5.41) is 2.49. The minimum Gasteiger partial charge on any atom is -0.311 e. The Morgan fingerprint density at radius 1 is 0.322 bits per heavy atom. The number of benzene rings is 10. The van der Waals surface area contributed by atoms with E-state index in [2.05, 4.69) is 331 Å². The fourth-order valence-electron chi connectivity index (χ4n) is 15.1. The minimum atomic E-state index is -0.114. The Labute approximate surface area is 518 Å². The lowest BCUT2D eigenvalue weighted by molar-refractivity contribution is 0.403. The largest absolute Gasteiger partial charge is 0.311 e. The van der Waals surface area contributed by atoms with E-state index in [1.807, 2.05) is 0 Å². The molecule has 3 nitrogen and oxygen atoms in total. The first kappa shape index (κ1) is 56.5. The van der Waals surface area contributed by atoms with Crippen LogP contribution in [0.4, 0.5) is 34.1 Å². The Hall–Kier alpha value is -8.34. The number of nitrogens with zero attached hydrogens (tertiary/aromatic N) is 3. The van der Waals surface area contributed by atoms with Gasteiger partial charge in [0, 0.05) is 44.9 Å². The molecular weight excluding hydrogens is 1050 g/mol. The molecule has 11 aromatic rings. The number of rotatable bonds is 6. The zero-order valence-corrected chi connectivity index (χ0v) is 54.3. The molecule has 3 aliphatic rings. The summed E-state index contributed by atoms with van der Waals surface area (Å²) in [5.41, 5.74) is 30.1. The lowest BCUT2D eigenvalue weighted by Gasteiger charge is -2.45. The topological polar surface area (TPSA) is 11.4 Å². The second-order valence-corrected chi connectivity index (χ2v) is 31.1. The van der Waals surface area contributed by atoms with Crippen LogP contribution in [0.3, 0.4) is 0 Å². The van der Waals surface area contributed by atoms with Crippen LogP contribution in [0.1, 0.15) is 151 Å². The fraction of sp³-hybridized carbons (Fsp3) is 0.277. The van der Waals surface area contributed by atoms with Crippen LogP contribution in [-0.4, -0.2) is 11.3 Å². The van der Waals surface area contributed by atoms with E-state index in [1.165, 1.54) is 133 Å². The van der Waals surface area contributed by atoms with Gasteiger partial charge in [-0.2, -0.15) is 0 Å². The van der Waals surface area contributed by atoms with Crippen LogP contribution in [0, 0.1) is 0 Å². The van der Waals surface area contributed by atoms with Crippen LogP contribution in [-0.2, 0) is 32.5 Å². The molecule has 0 amide bonds. The van der Waals surface area contributed by atoms with Gasteiger partial charge < -0.3 is 14.4 Å². The fourth-order valence-corrected chi connectivity index (χ4v) is 15.1. The molecule has 0 N–H and O–H groups in total. The van der Waals surface area contributed by atoms with Crippen molar-refractivity contribution in [2.75, 3.05) is 9.80 Å². The first-order chi connectivity index (χ1) is 41.1. The zero-order chi connectivity index (χ0) is 61.1. The maximum absolute atomic E-state index is 2.66. The first-order valence-electron chi connectivity index (χ1n) is 31.8. The maximum atomic E-state index is 2.66. The van der Waals surface area contributed by atoms with Crippen molar-refractivity contribution in [2.24, 2.45) is 0 Å². The highest BCUT2D eigenvalue weighted by Crippen LogP contribution is 2.52. The van der Waals surface area contributed by atoms with Crippen molar-refractivity contribution < 1.29 is 0 Å². The maximum Gasteiger partial charge on any atom is 0.252 e. The van der Waals surface area contributed by atoms with E-state index in [0.29, 0.717) is 0 Å². The Morgan fingerprint density at radius 3 is 1.17 bits per heavy atom. The van der Waals surface area contributed by atoms with Crippen LogP contribution in [0.5, 0.6) is 0 Å². The van der Waals surface area contributed by atoms with Gasteiger partial charge in [-0.1, -0.05) is 256 Å². The van der Waals surface area contributed by atoms with Crippen molar-refractivity contribution in [3.63, 3.8) is 0 Å². The van der Waals surface area contributed by atoms with Crippen molar-refractivity contribution in [3.05, 3.63) is 240 Å². The summed E-state index contributed by atoms with van der Waals surface area (Å²) in [6.45, 7) is 37.5. The molecule has 0 atom stereocenters. The van der Waals surface area contributed by atoms with E-state index in [-0.39, 0.29) is 39.2 Å². The van der Waals surface area contributed by atoms with Crippen molar-refractivity contribution in [1.82, 2.24) is 4.57 Å². The van der Waals surface area contributed by atoms with Gasteiger partial charge in [-0.05, 0) is 183 Å². The molecule has 0 saturated heterocycles. The molecule has 434 valence electrons. The number of hydrogen-bond donors (Lipinski definition) is 0. The van der Waals surface area contributed by atoms with Crippen LogP contribution in [0.25, 0.3) is 60.9 Å². The molecule has 0 bridgehead atoms. The SMILES string of the molecule is CC(C)(C)c1ccc(-c2ccc3c(c2)N(c2ccc(-c4ccc5c(c4)C(C)(C)CC5(C)C)cc2)c2cc(-n4c5ccccc5c5ccccc54)cc4c2B3c2ccc(-c3ccc(C(C)(C)C)cc3)cc2N4c2cc(C(C)(C)C)cc(C(C)(C)C)c2)cc1. The predicted octanol–water partition coefficient (Wildman–Crippen LogP) is 21.0. The summed E-state index contributed by atoms with van der Waals surface area (Å²) in [5.74, 6) is 0. The van der Waals surface area contributed by atoms with Crippen molar-refractivity contribution in [2.45, 2.75) is 150 Å². The molecule has 4 heteroatoms. The number of anilines is 6. The molecule has 0 fully saturated rings. The Morgan fingerprint density at radius 2 is 0.713 bits per heavy atom. The second kappa shape index (κ2) is 19.6. The van der Waals surface area contributed by atoms with Crippen LogP contribution >= 0.6 is 0 Å². The smallest absolute Gasteiger partial charge is 0.252 e. The zero-order valence-electron chi connectivity index (χ0n) is 54.3. The third kappa shape index (κ3) is 9.47. The minimum absolute atomic E-state index is 0.0415. The van der Waals surface area contributed by atoms with Gasteiger partial charge in [0.25, 0.3) is 6.71 Å². The van der Waals surface area contributed by atoms with Gasteiger partial charge in [-0.3, -0.25) is 0 Å². The Kier molecular flexibility index (Phi) is 12.7. The molecule has 0 saturated carbocycles. The van der Waals surface area contributed by atoms with Crippen molar-refractivity contribution in [1.29, 1.82) is 0 Å². The van der Waals surface area contributed by atoms with E-state index in [4.69, 9.17) is 0 Å². The summed E-state index contributed by atoms with van der Waals surface area (Å²) < 4.78 is 2.53. The molecule has 1 aromatic heterocycles. The van der Waals surface area contributed by atoms with E-state index >= 15 is 0 Å². The number of fused-ring (bicyclic) bond motifs is 8. The van der Waals surface area contributed by atoms with Crippen molar-refractivity contribution >= 4 is 79.0 Å². The van der Waals surface area contributed by atoms with Gasteiger partial charge in [0.15, 0.2) is 0 Å². The third-order valence-corrected chi connectivity index (χ3v) is 19.8. The summed E-state index contributed by atoms with van der Waals surface area (Å²) in [4.78, 5) is 5.28. The van der Waals surface area contributed by atoms with Gasteiger partial charge in [0.05, 0.1) is 16.7 Å². The molecule has 10 aromatic carbocycles. The molecular formula is C83H84BN3. The molecule has 0 unspecified atom stereocenters. The van der Waals surface area contributed by atoms with E-state index < -0.39 is 0 Å². The average Bonchev–Trinajstić information content (AvgIpc) is 1.02. The summed E-state index contributed by atoms with van der Waals surface area (Å²) in [6, 6.07) is 80.6. The molecule has 3 heterocycles. The summed E-state index contributed by atoms with van der Waals surface area (Å²) in [6.07, 6.45) is 1.14. The lowest BCUT2D eigenvalue weighted by Crippen LogP contribution is -2.61. The summed E-state index contributed by atoms with van der Waals surface area (Å²) >= 11 is 0. The molecule has 2 aliphatic heterocycles. The summed E-state index contributed by atoms with van der Waals surface area (Å²) in [7, 11) is 0. The average molecular weight is 1130 g/mol. The Bertz CT molecular complexity index is 4470. The van der Waals surface area contributed by atoms with Gasteiger partial charge in [-0.15, -0.1) is 0 Å².